The summed E-state index contributed by atoms with van der Waals surface area (Å²) in [6.45, 7) is 2.43. The molecule has 1 aliphatic heterocycles. The van der Waals surface area contributed by atoms with Gasteiger partial charge in [-0.15, -0.1) is 0 Å². The van der Waals surface area contributed by atoms with Gasteiger partial charge in [0.05, 0.1) is 0 Å². The Hall–Kier alpha value is -2.90. The number of nitrogens with one attached hydrogen (secondary N) is 2. The number of hydrogen-bond donors (Lipinski definition) is 1. The van der Waals surface area contributed by atoms with Crippen molar-refractivity contribution < 1.29 is 19.2 Å². The fourth-order valence-corrected chi connectivity index (χ4v) is 2.32. The molecular formula is C15H17N4O4. The number of rotatable bonds is 4. The van der Waals surface area contributed by atoms with Gasteiger partial charge in [-0.1, -0.05) is 30.3 Å². The number of benzene rings is 1. The monoisotopic (exact) mass is 317 g/mol. The van der Waals surface area contributed by atoms with Crippen LogP contribution >= 0.6 is 0 Å². The van der Waals surface area contributed by atoms with Crippen molar-refractivity contribution in [2.75, 3.05) is 19.6 Å². The molecule has 8 heteroatoms. The van der Waals surface area contributed by atoms with Crippen LogP contribution in [-0.2, 0) is 14.4 Å². The van der Waals surface area contributed by atoms with E-state index < -0.39 is 29.8 Å². The SMILES string of the molecule is CCN1CCN(C(=O)NC(C([NH])=O)c2ccccc2)C(=O)C1=O. The second-order valence-corrected chi connectivity index (χ2v) is 5.00. The summed E-state index contributed by atoms with van der Waals surface area (Å²) in [5.41, 5.74) is 7.74. The number of hydrogen-bond acceptors (Lipinski definition) is 4. The predicted molar refractivity (Wildman–Crippen MR) is 79.8 cm³/mol. The Morgan fingerprint density at radius 2 is 1.83 bits per heavy atom. The highest BCUT2D eigenvalue weighted by Crippen LogP contribution is 2.14. The Balaban J connectivity index is 2.12. The minimum atomic E-state index is -1.18. The van der Waals surface area contributed by atoms with Crippen molar-refractivity contribution in [3.05, 3.63) is 35.9 Å². The first-order valence-electron chi connectivity index (χ1n) is 7.17. The molecular weight excluding hydrogens is 300 g/mol. The average Bonchev–Trinajstić information content (AvgIpc) is 2.55. The van der Waals surface area contributed by atoms with Crippen LogP contribution in [0.5, 0.6) is 0 Å². The fourth-order valence-electron chi connectivity index (χ4n) is 2.32. The minimum absolute atomic E-state index is 0.0535. The normalized spacial score (nSPS) is 16.2. The van der Waals surface area contributed by atoms with Crippen LogP contribution in [0.15, 0.2) is 30.3 Å². The summed E-state index contributed by atoms with van der Waals surface area (Å²) in [4.78, 5) is 49.6. The highest BCUT2D eigenvalue weighted by Gasteiger charge is 2.36. The van der Waals surface area contributed by atoms with E-state index in [0.717, 1.165) is 4.90 Å². The maximum Gasteiger partial charge on any atom is 0.325 e. The van der Waals surface area contributed by atoms with E-state index >= 15 is 0 Å². The molecule has 0 saturated carbocycles. The lowest BCUT2D eigenvalue weighted by Crippen LogP contribution is -2.58. The van der Waals surface area contributed by atoms with Gasteiger partial charge in [0.15, 0.2) is 0 Å². The molecule has 2 N–H and O–H groups in total. The fraction of sp³-hybridized carbons (Fsp3) is 0.333. The van der Waals surface area contributed by atoms with Crippen molar-refractivity contribution in [2.45, 2.75) is 13.0 Å². The predicted octanol–water partition coefficient (Wildman–Crippen LogP) is -0.0625. The molecule has 0 spiro atoms. The van der Waals surface area contributed by atoms with Gasteiger partial charge in [-0.3, -0.25) is 25.0 Å². The van der Waals surface area contributed by atoms with E-state index in [1.165, 1.54) is 4.90 Å². The quantitative estimate of drug-likeness (QED) is 0.784. The van der Waals surface area contributed by atoms with Crippen molar-refractivity contribution >= 4 is 23.8 Å². The zero-order valence-corrected chi connectivity index (χ0v) is 12.6. The standard InChI is InChI=1S/C15H17N4O4/c1-2-18-8-9-19(14(22)13(18)21)15(23)17-11(12(16)20)10-6-4-3-5-7-10/h3-7,11,16H,2,8-9H2,1H3,(H,17,23). The molecule has 1 aromatic rings. The molecule has 2 rings (SSSR count). The van der Waals surface area contributed by atoms with Crippen LogP contribution in [0.1, 0.15) is 18.5 Å². The van der Waals surface area contributed by atoms with Crippen molar-refractivity contribution in [3.63, 3.8) is 0 Å². The molecule has 8 nitrogen and oxygen atoms in total. The Kier molecular flexibility index (Phi) is 4.95. The summed E-state index contributed by atoms with van der Waals surface area (Å²) in [5.74, 6) is -2.68. The average molecular weight is 317 g/mol. The highest BCUT2D eigenvalue weighted by molar-refractivity contribution is 6.38. The summed E-state index contributed by atoms with van der Waals surface area (Å²) in [6.07, 6.45) is 0. The minimum Gasteiger partial charge on any atom is -0.333 e. The van der Waals surface area contributed by atoms with E-state index in [9.17, 15) is 19.2 Å². The molecule has 121 valence electrons. The lowest BCUT2D eigenvalue weighted by molar-refractivity contribution is -0.153. The van der Waals surface area contributed by atoms with Gasteiger partial charge in [0, 0.05) is 19.6 Å². The zero-order valence-electron chi connectivity index (χ0n) is 12.6. The van der Waals surface area contributed by atoms with Crippen molar-refractivity contribution in [1.29, 1.82) is 0 Å². The van der Waals surface area contributed by atoms with Crippen LogP contribution in [0, 0.1) is 0 Å². The maximum atomic E-state index is 12.2. The molecule has 0 bridgehead atoms. The maximum absolute atomic E-state index is 12.2. The molecule has 1 aliphatic rings. The first kappa shape index (κ1) is 16.5. The van der Waals surface area contributed by atoms with Gasteiger partial charge < -0.3 is 10.2 Å². The first-order chi connectivity index (χ1) is 11.0. The van der Waals surface area contributed by atoms with Gasteiger partial charge >= 0.3 is 17.8 Å². The van der Waals surface area contributed by atoms with Crippen LogP contribution in [0.2, 0.25) is 0 Å². The summed E-state index contributed by atoms with van der Waals surface area (Å²) in [7, 11) is 0. The van der Waals surface area contributed by atoms with Crippen LogP contribution in [0.4, 0.5) is 4.79 Å². The molecule has 5 amide bonds. The Labute approximate surface area is 133 Å². The zero-order chi connectivity index (χ0) is 17.0. The van der Waals surface area contributed by atoms with Crippen molar-refractivity contribution in [1.82, 2.24) is 20.9 Å². The van der Waals surface area contributed by atoms with Gasteiger partial charge in [-0.25, -0.2) is 4.79 Å². The molecule has 1 atom stereocenters. The summed E-state index contributed by atoms with van der Waals surface area (Å²) < 4.78 is 0. The smallest absolute Gasteiger partial charge is 0.325 e. The largest absolute Gasteiger partial charge is 0.333 e. The number of nitrogens with zero attached hydrogens (tertiary/aromatic N) is 2. The van der Waals surface area contributed by atoms with Gasteiger partial charge in [-0.05, 0) is 12.5 Å². The molecule has 1 fully saturated rings. The lowest BCUT2D eigenvalue weighted by atomic mass is 10.1. The summed E-state index contributed by atoms with van der Waals surface area (Å²) in [5, 5.41) is 2.34. The van der Waals surface area contributed by atoms with Gasteiger partial charge in [0.2, 0.25) is 0 Å². The topological polar surface area (TPSA) is 111 Å². The number of piperazine rings is 1. The molecule has 1 aromatic carbocycles. The molecule has 1 heterocycles. The first-order valence-corrected chi connectivity index (χ1v) is 7.17. The van der Waals surface area contributed by atoms with Crippen LogP contribution in [0.3, 0.4) is 0 Å². The van der Waals surface area contributed by atoms with E-state index in [0.29, 0.717) is 12.1 Å². The lowest BCUT2D eigenvalue weighted by Gasteiger charge is -2.32. The van der Waals surface area contributed by atoms with Gasteiger partial charge in [0.25, 0.3) is 5.91 Å². The number of amides is 5. The third-order valence-corrected chi connectivity index (χ3v) is 3.60. The summed E-state index contributed by atoms with van der Waals surface area (Å²) in [6, 6.07) is 6.24. The number of carbonyl (C=O) groups is 4. The number of carbonyl (C=O) groups excluding carboxylic acids is 4. The van der Waals surface area contributed by atoms with E-state index in [1.807, 2.05) is 0 Å². The van der Waals surface area contributed by atoms with E-state index in [4.69, 9.17) is 5.73 Å². The Morgan fingerprint density at radius 1 is 1.17 bits per heavy atom. The second kappa shape index (κ2) is 6.91. The summed E-state index contributed by atoms with van der Waals surface area (Å²) >= 11 is 0. The van der Waals surface area contributed by atoms with Crippen molar-refractivity contribution in [3.8, 4) is 0 Å². The third kappa shape index (κ3) is 3.47. The molecule has 1 saturated heterocycles. The van der Waals surface area contributed by atoms with Crippen LogP contribution in [0.25, 0.3) is 0 Å². The molecule has 23 heavy (non-hydrogen) atoms. The molecule has 0 aliphatic carbocycles. The van der Waals surface area contributed by atoms with E-state index in [1.54, 1.807) is 37.3 Å². The number of urea groups is 1. The Morgan fingerprint density at radius 3 is 2.39 bits per heavy atom. The Bertz CT molecular complexity index is 632. The van der Waals surface area contributed by atoms with E-state index in [-0.39, 0.29) is 13.1 Å². The number of likely N-dealkylation sites (N-methyl/N-ethyl adjacent to an activating group) is 1. The van der Waals surface area contributed by atoms with Crippen LogP contribution < -0.4 is 11.1 Å². The van der Waals surface area contributed by atoms with Crippen molar-refractivity contribution in [2.24, 2.45) is 0 Å². The van der Waals surface area contributed by atoms with Gasteiger partial charge in [-0.2, -0.15) is 0 Å². The van der Waals surface area contributed by atoms with Gasteiger partial charge in [0.1, 0.15) is 6.04 Å². The number of imide groups is 1. The third-order valence-electron chi connectivity index (χ3n) is 3.60. The van der Waals surface area contributed by atoms with Crippen LogP contribution in [-0.4, -0.2) is 53.2 Å². The molecule has 0 aromatic heterocycles. The second-order valence-electron chi connectivity index (χ2n) is 5.00. The molecule has 1 radical (unpaired) electrons. The molecule has 1 unspecified atom stereocenters. The van der Waals surface area contributed by atoms with E-state index in [2.05, 4.69) is 5.32 Å². The highest BCUT2D eigenvalue weighted by atomic mass is 16.2.